The summed E-state index contributed by atoms with van der Waals surface area (Å²) < 4.78 is 23.5. The van der Waals surface area contributed by atoms with Crippen molar-refractivity contribution in [3.63, 3.8) is 0 Å². The molecule has 0 unspecified atom stereocenters. The Kier molecular flexibility index (Phi) is 4.85. The number of carboxylic acid groups (broad SMARTS) is 1. The van der Waals surface area contributed by atoms with Gasteiger partial charge < -0.3 is 10.0 Å². The summed E-state index contributed by atoms with van der Waals surface area (Å²) in [5.41, 5.74) is 0.376. The standard InChI is InChI=1S/C15H19NO5S/c1-2-22(20,21)13-7-5-11(6-8-13)14(17)16-9-3-4-12(10-16)15(18)19/h5-8,12H,2-4,9-10H2,1H3,(H,18,19)/t12-/m1/s1. The first-order valence-electron chi connectivity index (χ1n) is 7.20. The summed E-state index contributed by atoms with van der Waals surface area (Å²) in [7, 11) is -3.29. The second kappa shape index (κ2) is 6.48. The second-order valence-electron chi connectivity index (χ2n) is 5.36. The molecule has 1 N–H and O–H groups in total. The number of benzene rings is 1. The minimum Gasteiger partial charge on any atom is -0.481 e. The molecule has 1 amide bonds. The summed E-state index contributed by atoms with van der Waals surface area (Å²) >= 11 is 0. The topological polar surface area (TPSA) is 91.8 Å². The SMILES string of the molecule is CCS(=O)(=O)c1ccc(C(=O)N2CCC[C@@H](C(=O)O)C2)cc1. The van der Waals surface area contributed by atoms with E-state index in [1.807, 2.05) is 0 Å². The average Bonchev–Trinajstić information content (AvgIpc) is 2.54. The highest BCUT2D eigenvalue weighted by molar-refractivity contribution is 7.91. The molecule has 1 fully saturated rings. The third kappa shape index (κ3) is 3.47. The monoisotopic (exact) mass is 325 g/mol. The lowest BCUT2D eigenvalue weighted by Crippen LogP contribution is -2.42. The minimum absolute atomic E-state index is 0.00666. The normalized spacial score (nSPS) is 19.0. The highest BCUT2D eigenvalue weighted by atomic mass is 32.2. The van der Waals surface area contributed by atoms with Crippen molar-refractivity contribution in [1.29, 1.82) is 0 Å². The Balaban J connectivity index is 2.14. The van der Waals surface area contributed by atoms with Crippen LogP contribution in [0.2, 0.25) is 0 Å². The fraction of sp³-hybridized carbons (Fsp3) is 0.467. The molecule has 1 atom stereocenters. The maximum Gasteiger partial charge on any atom is 0.308 e. The molecule has 1 aliphatic heterocycles. The Labute approximate surface area is 129 Å². The van der Waals surface area contributed by atoms with Gasteiger partial charge in [-0.25, -0.2) is 8.42 Å². The molecule has 7 heteroatoms. The predicted molar refractivity (Wildman–Crippen MR) is 80.4 cm³/mol. The first-order chi connectivity index (χ1) is 10.3. The summed E-state index contributed by atoms with van der Waals surface area (Å²) in [5, 5.41) is 9.06. The predicted octanol–water partition coefficient (Wildman–Crippen LogP) is 1.42. The van der Waals surface area contributed by atoms with Crippen LogP contribution in [0.3, 0.4) is 0 Å². The summed E-state index contributed by atoms with van der Waals surface area (Å²) in [6.07, 6.45) is 1.23. The fourth-order valence-corrected chi connectivity index (χ4v) is 3.40. The van der Waals surface area contributed by atoms with E-state index in [0.29, 0.717) is 24.9 Å². The van der Waals surface area contributed by atoms with E-state index in [2.05, 4.69) is 0 Å². The van der Waals surface area contributed by atoms with Crippen LogP contribution in [-0.4, -0.2) is 49.1 Å². The van der Waals surface area contributed by atoms with Gasteiger partial charge in [-0.1, -0.05) is 6.92 Å². The highest BCUT2D eigenvalue weighted by Crippen LogP contribution is 2.20. The Hall–Kier alpha value is -1.89. The number of carbonyl (C=O) groups is 2. The molecule has 1 heterocycles. The Morgan fingerprint density at radius 2 is 1.91 bits per heavy atom. The molecule has 22 heavy (non-hydrogen) atoms. The lowest BCUT2D eigenvalue weighted by Gasteiger charge is -2.30. The zero-order valence-corrected chi connectivity index (χ0v) is 13.2. The van der Waals surface area contributed by atoms with Gasteiger partial charge in [0.1, 0.15) is 0 Å². The minimum atomic E-state index is -3.29. The number of carboxylic acids is 1. The molecule has 1 aromatic carbocycles. The van der Waals surface area contributed by atoms with Crippen LogP contribution < -0.4 is 0 Å². The van der Waals surface area contributed by atoms with Crippen LogP contribution in [0, 0.1) is 5.92 Å². The van der Waals surface area contributed by atoms with Gasteiger partial charge >= 0.3 is 5.97 Å². The average molecular weight is 325 g/mol. The molecule has 0 saturated carbocycles. The molecule has 1 aromatic rings. The Morgan fingerprint density at radius 1 is 1.27 bits per heavy atom. The summed E-state index contributed by atoms with van der Waals surface area (Å²) in [6, 6.07) is 5.81. The van der Waals surface area contributed by atoms with Gasteiger partial charge in [0.25, 0.3) is 5.91 Å². The first kappa shape index (κ1) is 16.5. The summed E-state index contributed by atoms with van der Waals surface area (Å²) in [6.45, 7) is 2.29. The van der Waals surface area contributed by atoms with Crippen LogP contribution in [0.15, 0.2) is 29.2 Å². The van der Waals surface area contributed by atoms with Crippen molar-refractivity contribution in [2.45, 2.75) is 24.7 Å². The number of rotatable bonds is 4. The van der Waals surface area contributed by atoms with Crippen molar-refractivity contribution in [3.8, 4) is 0 Å². The van der Waals surface area contributed by atoms with E-state index < -0.39 is 21.7 Å². The number of sulfone groups is 1. The summed E-state index contributed by atoms with van der Waals surface area (Å²) in [5.74, 6) is -1.67. The van der Waals surface area contributed by atoms with Gasteiger partial charge in [0.05, 0.1) is 16.6 Å². The molecule has 0 aliphatic carbocycles. The number of carbonyl (C=O) groups excluding carboxylic acids is 1. The zero-order valence-electron chi connectivity index (χ0n) is 12.4. The van der Waals surface area contributed by atoms with E-state index in [1.54, 1.807) is 6.92 Å². The van der Waals surface area contributed by atoms with Crippen molar-refractivity contribution >= 4 is 21.7 Å². The largest absolute Gasteiger partial charge is 0.481 e. The van der Waals surface area contributed by atoms with Crippen LogP contribution in [0.5, 0.6) is 0 Å². The number of nitrogens with zero attached hydrogens (tertiary/aromatic N) is 1. The van der Waals surface area contributed by atoms with Gasteiger partial charge in [-0.2, -0.15) is 0 Å². The zero-order chi connectivity index (χ0) is 16.3. The molecular weight excluding hydrogens is 306 g/mol. The molecule has 6 nitrogen and oxygen atoms in total. The van der Waals surface area contributed by atoms with Gasteiger partial charge in [0.15, 0.2) is 9.84 Å². The maximum absolute atomic E-state index is 12.4. The van der Waals surface area contributed by atoms with Crippen LogP contribution in [0.1, 0.15) is 30.1 Å². The molecule has 0 aromatic heterocycles. The third-order valence-corrected chi connectivity index (χ3v) is 5.65. The highest BCUT2D eigenvalue weighted by Gasteiger charge is 2.28. The molecule has 2 rings (SSSR count). The smallest absolute Gasteiger partial charge is 0.308 e. The number of likely N-dealkylation sites (tertiary alicyclic amines) is 1. The molecule has 1 aliphatic rings. The number of amides is 1. The van der Waals surface area contributed by atoms with Crippen molar-refractivity contribution in [2.75, 3.05) is 18.8 Å². The van der Waals surface area contributed by atoms with E-state index in [4.69, 9.17) is 5.11 Å². The Morgan fingerprint density at radius 3 is 2.45 bits per heavy atom. The Bertz CT molecular complexity index is 666. The van der Waals surface area contributed by atoms with Gasteiger partial charge in [-0.05, 0) is 37.1 Å². The van der Waals surface area contributed by atoms with Crippen LogP contribution in [0.4, 0.5) is 0 Å². The van der Waals surface area contributed by atoms with Gasteiger partial charge in [0.2, 0.25) is 0 Å². The van der Waals surface area contributed by atoms with Crippen molar-refractivity contribution < 1.29 is 23.1 Å². The molecule has 0 radical (unpaired) electrons. The van der Waals surface area contributed by atoms with Gasteiger partial charge in [-0.15, -0.1) is 0 Å². The molecule has 1 saturated heterocycles. The van der Waals surface area contributed by atoms with Crippen molar-refractivity contribution in [3.05, 3.63) is 29.8 Å². The molecule has 120 valence electrons. The first-order valence-corrected chi connectivity index (χ1v) is 8.85. The lowest BCUT2D eigenvalue weighted by molar-refractivity contribution is -0.143. The van der Waals surface area contributed by atoms with Crippen molar-refractivity contribution in [1.82, 2.24) is 4.90 Å². The number of hydrogen-bond donors (Lipinski definition) is 1. The second-order valence-corrected chi connectivity index (χ2v) is 7.63. The van der Waals surface area contributed by atoms with Crippen LogP contribution in [-0.2, 0) is 14.6 Å². The number of aliphatic carboxylic acids is 1. The van der Waals surface area contributed by atoms with E-state index >= 15 is 0 Å². The fourth-order valence-electron chi connectivity index (χ4n) is 2.52. The van der Waals surface area contributed by atoms with Crippen LogP contribution >= 0.6 is 0 Å². The van der Waals surface area contributed by atoms with E-state index in [1.165, 1.54) is 29.2 Å². The van der Waals surface area contributed by atoms with Crippen molar-refractivity contribution in [2.24, 2.45) is 5.92 Å². The number of hydrogen-bond acceptors (Lipinski definition) is 4. The van der Waals surface area contributed by atoms with Gasteiger partial charge in [0, 0.05) is 18.7 Å². The number of piperidine rings is 1. The van der Waals surface area contributed by atoms with Gasteiger partial charge in [-0.3, -0.25) is 9.59 Å². The van der Waals surface area contributed by atoms with Crippen LogP contribution in [0.25, 0.3) is 0 Å². The van der Waals surface area contributed by atoms with E-state index in [9.17, 15) is 18.0 Å². The molecular formula is C15H19NO5S. The third-order valence-electron chi connectivity index (χ3n) is 3.90. The maximum atomic E-state index is 12.4. The summed E-state index contributed by atoms with van der Waals surface area (Å²) in [4.78, 5) is 25.1. The molecule has 0 bridgehead atoms. The quantitative estimate of drug-likeness (QED) is 0.904. The van der Waals surface area contributed by atoms with E-state index in [0.717, 1.165) is 0 Å². The molecule has 0 spiro atoms. The van der Waals surface area contributed by atoms with E-state index in [-0.39, 0.29) is 23.1 Å². The lowest BCUT2D eigenvalue weighted by atomic mass is 9.97.